The summed E-state index contributed by atoms with van der Waals surface area (Å²) in [6.45, 7) is 3.99. The van der Waals surface area contributed by atoms with Gasteiger partial charge in [-0.05, 0) is 35.6 Å². The number of carbonyl (C=O) groups is 1. The molecule has 1 aromatic carbocycles. The third-order valence-electron chi connectivity index (χ3n) is 3.49. The third-order valence-corrected chi connectivity index (χ3v) is 3.49. The molecule has 0 amide bonds. The highest BCUT2D eigenvalue weighted by Crippen LogP contribution is 2.26. The highest BCUT2D eigenvalue weighted by molar-refractivity contribution is 5.92. The lowest BCUT2D eigenvalue weighted by atomic mass is 10.0. The number of hydrogen-bond acceptors (Lipinski definition) is 4. The van der Waals surface area contributed by atoms with Gasteiger partial charge in [-0.1, -0.05) is 13.8 Å². The Kier molecular flexibility index (Phi) is 4.62. The van der Waals surface area contributed by atoms with Crippen molar-refractivity contribution in [2.75, 3.05) is 12.4 Å². The molecular weight excluding hydrogens is 268 g/mol. The number of ether oxygens (including phenoxy) is 1. The second-order valence-electron chi connectivity index (χ2n) is 5.34. The maximum Gasteiger partial charge on any atom is 0.305 e. The summed E-state index contributed by atoms with van der Waals surface area (Å²) in [6, 6.07) is 7.48. The first-order chi connectivity index (χ1) is 10.0. The topological polar surface area (TPSA) is 71.5 Å². The number of carboxylic acid groups (broad SMARTS) is 1. The number of rotatable bonds is 6. The maximum atomic E-state index is 11.0. The van der Waals surface area contributed by atoms with Gasteiger partial charge in [-0.3, -0.25) is 4.79 Å². The highest BCUT2D eigenvalue weighted by Gasteiger charge is 2.18. The zero-order valence-corrected chi connectivity index (χ0v) is 12.5. The molecule has 0 radical (unpaired) electrons. The summed E-state index contributed by atoms with van der Waals surface area (Å²) >= 11 is 0. The minimum Gasteiger partial charge on any atom is -0.497 e. The van der Waals surface area contributed by atoms with Gasteiger partial charge in [0.2, 0.25) is 0 Å². The Morgan fingerprint density at radius 2 is 2.14 bits per heavy atom. The number of benzene rings is 1. The van der Waals surface area contributed by atoms with E-state index in [-0.39, 0.29) is 18.4 Å². The van der Waals surface area contributed by atoms with Gasteiger partial charge in [-0.15, -0.1) is 0 Å². The lowest BCUT2D eigenvalue weighted by Gasteiger charge is -2.22. The fourth-order valence-corrected chi connectivity index (χ4v) is 2.22. The van der Waals surface area contributed by atoms with Gasteiger partial charge in [-0.2, -0.15) is 0 Å². The smallest absolute Gasteiger partial charge is 0.305 e. The van der Waals surface area contributed by atoms with Crippen molar-refractivity contribution >= 4 is 22.6 Å². The SMILES string of the molecule is COc1ccc2c(NC(CC(=O)O)C(C)C)nccc2c1. The van der Waals surface area contributed by atoms with Gasteiger partial charge in [0.1, 0.15) is 11.6 Å². The summed E-state index contributed by atoms with van der Waals surface area (Å²) in [4.78, 5) is 15.3. The molecule has 0 aliphatic heterocycles. The van der Waals surface area contributed by atoms with Gasteiger partial charge in [0, 0.05) is 17.6 Å². The van der Waals surface area contributed by atoms with Crippen LogP contribution >= 0.6 is 0 Å². The molecule has 2 N–H and O–H groups in total. The van der Waals surface area contributed by atoms with E-state index in [0.29, 0.717) is 5.82 Å². The van der Waals surface area contributed by atoms with E-state index in [4.69, 9.17) is 9.84 Å². The molecule has 2 rings (SSSR count). The van der Waals surface area contributed by atoms with Gasteiger partial charge in [-0.25, -0.2) is 4.98 Å². The number of aromatic nitrogens is 1. The van der Waals surface area contributed by atoms with E-state index in [0.717, 1.165) is 16.5 Å². The van der Waals surface area contributed by atoms with Crippen molar-refractivity contribution in [3.63, 3.8) is 0 Å². The number of nitrogens with one attached hydrogen (secondary N) is 1. The Bertz CT molecular complexity index is 640. The van der Waals surface area contributed by atoms with E-state index < -0.39 is 5.97 Å². The summed E-state index contributed by atoms with van der Waals surface area (Å²) in [6.07, 6.45) is 1.77. The summed E-state index contributed by atoms with van der Waals surface area (Å²) in [5.41, 5.74) is 0. The zero-order chi connectivity index (χ0) is 15.4. The second kappa shape index (κ2) is 6.43. The average molecular weight is 288 g/mol. The number of methoxy groups -OCH3 is 1. The Balaban J connectivity index is 2.34. The minimum absolute atomic E-state index is 0.0614. The van der Waals surface area contributed by atoms with E-state index in [9.17, 15) is 4.79 Å². The molecule has 2 aromatic rings. The molecule has 5 nitrogen and oxygen atoms in total. The van der Waals surface area contributed by atoms with Crippen LogP contribution in [0.25, 0.3) is 10.8 Å². The predicted octanol–water partition coefficient (Wildman–Crippen LogP) is 3.15. The monoisotopic (exact) mass is 288 g/mol. The van der Waals surface area contributed by atoms with Crippen molar-refractivity contribution in [3.8, 4) is 5.75 Å². The van der Waals surface area contributed by atoms with E-state index in [1.54, 1.807) is 13.3 Å². The summed E-state index contributed by atoms with van der Waals surface area (Å²) in [5.74, 6) is 0.861. The summed E-state index contributed by atoms with van der Waals surface area (Å²) in [5, 5.41) is 14.2. The first-order valence-corrected chi connectivity index (χ1v) is 6.92. The molecule has 0 fully saturated rings. The third kappa shape index (κ3) is 3.62. The van der Waals surface area contributed by atoms with Crippen LogP contribution in [0.15, 0.2) is 30.5 Å². The van der Waals surface area contributed by atoms with Crippen LogP contribution in [0.5, 0.6) is 5.75 Å². The highest BCUT2D eigenvalue weighted by atomic mass is 16.5. The van der Waals surface area contributed by atoms with Crippen LogP contribution in [-0.4, -0.2) is 29.2 Å². The van der Waals surface area contributed by atoms with Gasteiger partial charge in [0.25, 0.3) is 0 Å². The van der Waals surface area contributed by atoms with Crippen LogP contribution in [-0.2, 0) is 4.79 Å². The quantitative estimate of drug-likeness (QED) is 0.854. The molecule has 0 aliphatic carbocycles. The van der Waals surface area contributed by atoms with Crippen molar-refractivity contribution in [2.24, 2.45) is 5.92 Å². The van der Waals surface area contributed by atoms with E-state index in [1.807, 2.05) is 38.1 Å². The maximum absolute atomic E-state index is 11.0. The van der Waals surface area contributed by atoms with Crippen molar-refractivity contribution in [1.82, 2.24) is 4.98 Å². The molecule has 1 aromatic heterocycles. The average Bonchev–Trinajstić information content (AvgIpc) is 2.45. The number of carboxylic acids is 1. The van der Waals surface area contributed by atoms with Gasteiger partial charge in [0.15, 0.2) is 0 Å². The summed E-state index contributed by atoms with van der Waals surface area (Å²) < 4.78 is 5.22. The standard InChI is InChI=1S/C16H20N2O3/c1-10(2)14(9-15(19)20)18-16-13-5-4-12(21-3)8-11(13)6-7-17-16/h4-8,10,14H,9H2,1-3H3,(H,17,18)(H,19,20). The Hall–Kier alpha value is -2.30. The van der Waals surface area contributed by atoms with Crippen LogP contribution < -0.4 is 10.1 Å². The fraction of sp³-hybridized carbons (Fsp3) is 0.375. The molecule has 21 heavy (non-hydrogen) atoms. The number of anilines is 1. The van der Waals surface area contributed by atoms with E-state index >= 15 is 0 Å². The van der Waals surface area contributed by atoms with Crippen LogP contribution in [0, 0.1) is 5.92 Å². The number of nitrogens with zero attached hydrogens (tertiary/aromatic N) is 1. The Morgan fingerprint density at radius 1 is 1.38 bits per heavy atom. The molecule has 1 unspecified atom stereocenters. The van der Waals surface area contributed by atoms with Crippen LogP contribution in [0.2, 0.25) is 0 Å². The zero-order valence-electron chi connectivity index (χ0n) is 12.5. The molecule has 0 spiro atoms. The van der Waals surface area contributed by atoms with E-state index in [1.165, 1.54) is 0 Å². The van der Waals surface area contributed by atoms with E-state index in [2.05, 4.69) is 10.3 Å². The van der Waals surface area contributed by atoms with Gasteiger partial charge >= 0.3 is 5.97 Å². The molecule has 0 saturated carbocycles. The Labute approximate surface area is 124 Å². The molecule has 1 heterocycles. The lowest BCUT2D eigenvalue weighted by Crippen LogP contribution is -2.29. The van der Waals surface area contributed by atoms with Gasteiger partial charge < -0.3 is 15.2 Å². The fourth-order valence-electron chi connectivity index (χ4n) is 2.22. The normalized spacial score (nSPS) is 12.4. The number of fused-ring (bicyclic) bond motifs is 1. The first-order valence-electron chi connectivity index (χ1n) is 6.92. The van der Waals surface area contributed by atoms with Crippen molar-refractivity contribution in [1.29, 1.82) is 0 Å². The second-order valence-corrected chi connectivity index (χ2v) is 5.34. The largest absolute Gasteiger partial charge is 0.497 e. The molecule has 0 aliphatic rings. The first kappa shape index (κ1) is 15.1. The molecular formula is C16H20N2O3. The lowest BCUT2D eigenvalue weighted by molar-refractivity contribution is -0.137. The number of hydrogen-bond donors (Lipinski definition) is 2. The minimum atomic E-state index is -0.817. The molecule has 0 saturated heterocycles. The number of pyridine rings is 1. The van der Waals surface area contributed by atoms with Gasteiger partial charge in [0.05, 0.1) is 13.5 Å². The van der Waals surface area contributed by atoms with Crippen LogP contribution in [0.4, 0.5) is 5.82 Å². The van der Waals surface area contributed by atoms with Crippen molar-refractivity contribution < 1.29 is 14.6 Å². The van der Waals surface area contributed by atoms with Crippen molar-refractivity contribution in [2.45, 2.75) is 26.3 Å². The Morgan fingerprint density at radius 3 is 2.76 bits per heavy atom. The van der Waals surface area contributed by atoms with Crippen molar-refractivity contribution in [3.05, 3.63) is 30.5 Å². The summed E-state index contributed by atoms with van der Waals surface area (Å²) in [7, 11) is 1.63. The van der Waals surface area contributed by atoms with Crippen LogP contribution in [0.1, 0.15) is 20.3 Å². The molecule has 112 valence electrons. The number of aliphatic carboxylic acids is 1. The van der Waals surface area contributed by atoms with Crippen LogP contribution in [0.3, 0.4) is 0 Å². The molecule has 5 heteroatoms. The molecule has 1 atom stereocenters. The molecule has 0 bridgehead atoms. The predicted molar refractivity (Wildman–Crippen MR) is 82.8 cm³/mol.